The van der Waals surface area contributed by atoms with Crippen molar-refractivity contribution in [1.29, 1.82) is 0 Å². The largest absolute Gasteiger partial charge is 0.465 e. The summed E-state index contributed by atoms with van der Waals surface area (Å²) in [6.45, 7) is 6.38. The lowest BCUT2D eigenvalue weighted by atomic mass is 9.83. The number of hydrogen-bond acceptors (Lipinski definition) is 5. The van der Waals surface area contributed by atoms with E-state index in [9.17, 15) is 4.79 Å². The van der Waals surface area contributed by atoms with Crippen LogP contribution in [0.25, 0.3) is 0 Å². The molecule has 1 aromatic heterocycles. The van der Waals surface area contributed by atoms with Crippen molar-refractivity contribution in [3.63, 3.8) is 0 Å². The molecule has 0 saturated heterocycles. The van der Waals surface area contributed by atoms with Gasteiger partial charge in [-0.1, -0.05) is 31.8 Å². The zero-order valence-electron chi connectivity index (χ0n) is 12.6. The van der Waals surface area contributed by atoms with E-state index < -0.39 is 5.92 Å². The molecule has 0 bridgehead atoms. The average Bonchev–Trinajstić information content (AvgIpc) is 2.90. The molecule has 0 aliphatic heterocycles. The predicted octanol–water partition coefficient (Wildman–Crippen LogP) is 3.42. The fourth-order valence-corrected chi connectivity index (χ4v) is 2.76. The predicted molar refractivity (Wildman–Crippen MR) is 74.3 cm³/mol. The van der Waals surface area contributed by atoms with Gasteiger partial charge in [0.25, 0.3) is 0 Å². The Kier molecular flexibility index (Phi) is 5.15. The maximum atomic E-state index is 11.9. The van der Waals surface area contributed by atoms with E-state index >= 15 is 0 Å². The number of ether oxygens (including phenoxy) is 1. The highest BCUT2D eigenvalue weighted by Crippen LogP contribution is 2.34. The van der Waals surface area contributed by atoms with Crippen molar-refractivity contribution in [2.24, 2.45) is 5.92 Å². The molecule has 112 valence electrons. The minimum Gasteiger partial charge on any atom is -0.465 e. The van der Waals surface area contributed by atoms with Crippen molar-refractivity contribution in [3.05, 3.63) is 11.7 Å². The van der Waals surface area contributed by atoms with E-state index in [1.807, 2.05) is 6.92 Å². The third-order valence-corrected chi connectivity index (χ3v) is 4.12. The van der Waals surface area contributed by atoms with Crippen LogP contribution in [0.15, 0.2) is 4.52 Å². The summed E-state index contributed by atoms with van der Waals surface area (Å²) < 4.78 is 10.4. The summed E-state index contributed by atoms with van der Waals surface area (Å²) in [6.07, 6.45) is 5.25. The highest BCUT2D eigenvalue weighted by Gasteiger charge is 2.29. The third kappa shape index (κ3) is 3.38. The molecule has 1 saturated carbocycles. The number of esters is 1. The highest BCUT2D eigenvalue weighted by atomic mass is 16.5. The van der Waals surface area contributed by atoms with Gasteiger partial charge in [0.1, 0.15) is 5.92 Å². The Morgan fingerprint density at radius 1 is 1.35 bits per heavy atom. The van der Waals surface area contributed by atoms with Gasteiger partial charge in [0.2, 0.25) is 5.89 Å². The van der Waals surface area contributed by atoms with Gasteiger partial charge in [-0.2, -0.15) is 4.98 Å². The van der Waals surface area contributed by atoms with E-state index in [2.05, 4.69) is 17.1 Å². The minimum atomic E-state index is -0.432. The molecule has 1 unspecified atom stereocenters. The molecule has 0 aromatic carbocycles. The van der Waals surface area contributed by atoms with Gasteiger partial charge in [-0.3, -0.25) is 4.79 Å². The quantitative estimate of drug-likeness (QED) is 0.773. The second-order valence-electron chi connectivity index (χ2n) is 5.66. The lowest BCUT2D eigenvalue weighted by Crippen LogP contribution is -2.16. The van der Waals surface area contributed by atoms with Crippen LogP contribution in [-0.2, 0) is 9.53 Å². The van der Waals surface area contributed by atoms with Gasteiger partial charge in [-0.15, -0.1) is 0 Å². The molecule has 1 aromatic rings. The molecule has 2 rings (SSSR count). The van der Waals surface area contributed by atoms with Gasteiger partial charge in [-0.25, -0.2) is 0 Å². The summed E-state index contributed by atoms with van der Waals surface area (Å²) in [5.74, 6) is 1.62. The van der Waals surface area contributed by atoms with E-state index in [0.717, 1.165) is 24.6 Å². The Balaban J connectivity index is 2.05. The molecule has 1 atom stereocenters. The van der Waals surface area contributed by atoms with E-state index in [4.69, 9.17) is 9.26 Å². The van der Waals surface area contributed by atoms with Crippen LogP contribution in [0.3, 0.4) is 0 Å². The van der Waals surface area contributed by atoms with Gasteiger partial charge in [-0.05, 0) is 32.1 Å². The fourth-order valence-electron chi connectivity index (χ4n) is 2.76. The van der Waals surface area contributed by atoms with Gasteiger partial charge in [0, 0.05) is 5.92 Å². The maximum absolute atomic E-state index is 11.9. The van der Waals surface area contributed by atoms with Crippen LogP contribution in [-0.4, -0.2) is 22.7 Å². The fraction of sp³-hybridized carbons (Fsp3) is 0.800. The van der Waals surface area contributed by atoms with Crippen molar-refractivity contribution in [2.45, 2.75) is 64.7 Å². The summed E-state index contributed by atoms with van der Waals surface area (Å²) in [5.41, 5.74) is 0. The van der Waals surface area contributed by atoms with Crippen LogP contribution in [0.4, 0.5) is 0 Å². The Hall–Kier alpha value is -1.39. The molecule has 1 aliphatic rings. The number of hydrogen-bond donors (Lipinski definition) is 0. The first kappa shape index (κ1) is 15.0. The van der Waals surface area contributed by atoms with Crippen molar-refractivity contribution in [1.82, 2.24) is 10.1 Å². The molecule has 1 aliphatic carbocycles. The molecule has 0 radical (unpaired) electrons. The first-order valence-electron chi connectivity index (χ1n) is 7.65. The number of rotatable bonds is 5. The first-order chi connectivity index (χ1) is 9.65. The number of carbonyl (C=O) groups is 1. The zero-order chi connectivity index (χ0) is 14.5. The Morgan fingerprint density at radius 3 is 2.65 bits per heavy atom. The lowest BCUT2D eigenvalue weighted by Gasteiger charge is -2.23. The lowest BCUT2D eigenvalue weighted by molar-refractivity contribution is -0.145. The summed E-state index contributed by atoms with van der Waals surface area (Å²) >= 11 is 0. The van der Waals surface area contributed by atoms with Crippen molar-refractivity contribution < 1.29 is 14.1 Å². The zero-order valence-corrected chi connectivity index (χ0v) is 12.6. The normalized spacial score (nSPS) is 24.4. The molecule has 1 heterocycles. The molecule has 5 nitrogen and oxygen atoms in total. The Morgan fingerprint density at radius 2 is 2.05 bits per heavy atom. The minimum absolute atomic E-state index is 0.275. The topological polar surface area (TPSA) is 65.2 Å². The second kappa shape index (κ2) is 6.86. The van der Waals surface area contributed by atoms with E-state index in [1.165, 1.54) is 12.8 Å². The molecule has 0 spiro atoms. The summed E-state index contributed by atoms with van der Waals surface area (Å²) in [4.78, 5) is 16.3. The average molecular weight is 280 g/mol. The molecule has 1 fully saturated rings. The monoisotopic (exact) mass is 280 g/mol. The van der Waals surface area contributed by atoms with Crippen LogP contribution < -0.4 is 0 Å². The van der Waals surface area contributed by atoms with E-state index in [0.29, 0.717) is 24.8 Å². The summed E-state index contributed by atoms with van der Waals surface area (Å²) in [5, 5.41) is 4.08. The highest BCUT2D eigenvalue weighted by molar-refractivity contribution is 5.76. The van der Waals surface area contributed by atoms with Gasteiger partial charge >= 0.3 is 5.97 Å². The van der Waals surface area contributed by atoms with Crippen molar-refractivity contribution in [3.8, 4) is 0 Å². The maximum Gasteiger partial charge on any atom is 0.318 e. The number of nitrogens with zero attached hydrogens (tertiary/aromatic N) is 2. The second-order valence-corrected chi connectivity index (χ2v) is 5.66. The molecular formula is C15H24N2O3. The summed E-state index contributed by atoms with van der Waals surface area (Å²) in [6, 6.07) is 0. The van der Waals surface area contributed by atoms with E-state index in [-0.39, 0.29) is 5.97 Å². The first-order valence-corrected chi connectivity index (χ1v) is 7.65. The van der Waals surface area contributed by atoms with Gasteiger partial charge in [0.15, 0.2) is 5.82 Å². The van der Waals surface area contributed by atoms with Crippen LogP contribution >= 0.6 is 0 Å². The molecule has 20 heavy (non-hydrogen) atoms. The number of aromatic nitrogens is 2. The van der Waals surface area contributed by atoms with Crippen molar-refractivity contribution in [2.75, 3.05) is 6.61 Å². The molecule has 5 heteroatoms. The van der Waals surface area contributed by atoms with E-state index in [1.54, 1.807) is 6.92 Å². The van der Waals surface area contributed by atoms with Crippen LogP contribution in [0, 0.1) is 5.92 Å². The van der Waals surface area contributed by atoms with Crippen LogP contribution in [0.2, 0.25) is 0 Å². The Bertz CT molecular complexity index is 436. The SMILES string of the molecule is CCOC(=O)C(CC)c1nc(C2CCC(C)CC2)no1. The molecular weight excluding hydrogens is 256 g/mol. The molecule has 0 N–H and O–H groups in total. The van der Waals surface area contributed by atoms with Crippen LogP contribution in [0.5, 0.6) is 0 Å². The van der Waals surface area contributed by atoms with Crippen LogP contribution in [0.1, 0.15) is 76.4 Å². The Labute approximate surface area is 120 Å². The molecule has 0 amide bonds. The van der Waals surface area contributed by atoms with Gasteiger partial charge < -0.3 is 9.26 Å². The summed E-state index contributed by atoms with van der Waals surface area (Å²) in [7, 11) is 0. The van der Waals surface area contributed by atoms with Crippen molar-refractivity contribution >= 4 is 5.97 Å². The standard InChI is InChI=1S/C15H24N2O3/c1-4-12(15(18)19-5-2)14-16-13(17-20-14)11-8-6-10(3)7-9-11/h10-12H,4-9H2,1-3H3. The third-order valence-electron chi connectivity index (χ3n) is 4.12. The van der Waals surface area contributed by atoms with Gasteiger partial charge in [0.05, 0.1) is 6.61 Å². The smallest absolute Gasteiger partial charge is 0.318 e. The number of carbonyl (C=O) groups excluding carboxylic acids is 1.